The highest BCUT2D eigenvalue weighted by Crippen LogP contribution is 2.14. The molecule has 0 saturated carbocycles. The molecule has 16 heavy (non-hydrogen) atoms. The number of rotatable bonds is 7. The molecule has 94 valence electrons. The smallest absolute Gasteiger partial charge is 0.157 e. The average Bonchev–Trinajstić information content (AvgIpc) is 2.35. The lowest BCUT2D eigenvalue weighted by atomic mass is 10.2. The maximum atomic E-state index is 5.66. The molecule has 1 rings (SSSR count). The van der Waals surface area contributed by atoms with Crippen molar-refractivity contribution in [3.05, 3.63) is 11.6 Å². The molecule has 0 aromatic rings. The lowest BCUT2D eigenvalue weighted by Gasteiger charge is -2.22. The van der Waals surface area contributed by atoms with E-state index in [0.29, 0.717) is 0 Å². The van der Waals surface area contributed by atoms with Gasteiger partial charge in [-0.05, 0) is 32.1 Å². The van der Waals surface area contributed by atoms with Crippen molar-refractivity contribution in [2.75, 3.05) is 23.9 Å². The van der Waals surface area contributed by atoms with Crippen molar-refractivity contribution in [2.24, 2.45) is 0 Å². The quantitative estimate of drug-likeness (QED) is 0.390. The van der Waals surface area contributed by atoms with E-state index in [1.165, 1.54) is 18.4 Å². The second-order valence-corrected chi connectivity index (χ2v) is 5.06. The molecule has 1 unspecified atom stereocenters. The Morgan fingerprint density at radius 1 is 1.31 bits per heavy atom. The molecule has 2 nitrogen and oxygen atoms in total. The summed E-state index contributed by atoms with van der Waals surface area (Å²) in [6, 6.07) is 0. The number of ether oxygens (including phenoxy) is 2. The molecule has 0 radical (unpaired) electrons. The second kappa shape index (κ2) is 9.63. The maximum Gasteiger partial charge on any atom is 0.157 e. The summed E-state index contributed by atoms with van der Waals surface area (Å²) in [6.45, 7) is 1.67. The van der Waals surface area contributed by atoms with Gasteiger partial charge in [0.15, 0.2) is 6.29 Å². The molecule has 1 aliphatic rings. The SMILES string of the molecule is BrCC(=CCCCOC1CCCCO1)CBr. The van der Waals surface area contributed by atoms with Crippen molar-refractivity contribution < 1.29 is 9.47 Å². The Balaban J connectivity index is 2.00. The van der Waals surface area contributed by atoms with Crippen molar-refractivity contribution in [1.82, 2.24) is 0 Å². The largest absolute Gasteiger partial charge is 0.353 e. The zero-order valence-corrected chi connectivity index (χ0v) is 12.8. The first-order valence-electron chi connectivity index (χ1n) is 5.90. The molecule has 1 atom stereocenters. The lowest BCUT2D eigenvalue weighted by molar-refractivity contribution is -0.162. The van der Waals surface area contributed by atoms with E-state index in [-0.39, 0.29) is 6.29 Å². The Kier molecular flexibility index (Phi) is 8.84. The van der Waals surface area contributed by atoms with E-state index in [1.54, 1.807) is 0 Å². The van der Waals surface area contributed by atoms with E-state index in [9.17, 15) is 0 Å². The molecule has 1 fully saturated rings. The molecule has 0 aromatic carbocycles. The van der Waals surface area contributed by atoms with Crippen LogP contribution in [0.2, 0.25) is 0 Å². The molecule has 0 N–H and O–H groups in total. The van der Waals surface area contributed by atoms with Crippen molar-refractivity contribution in [3.63, 3.8) is 0 Å². The molecule has 0 aliphatic carbocycles. The van der Waals surface area contributed by atoms with Gasteiger partial charge in [-0.15, -0.1) is 0 Å². The van der Waals surface area contributed by atoms with Gasteiger partial charge in [-0.2, -0.15) is 0 Å². The van der Waals surface area contributed by atoms with Crippen LogP contribution in [0.4, 0.5) is 0 Å². The first kappa shape index (κ1) is 14.7. The van der Waals surface area contributed by atoms with Crippen LogP contribution < -0.4 is 0 Å². The van der Waals surface area contributed by atoms with Gasteiger partial charge in [-0.3, -0.25) is 0 Å². The number of halogens is 2. The van der Waals surface area contributed by atoms with Crippen molar-refractivity contribution >= 4 is 31.9 Å². The van der Waals surface area contributed by atoms with Gasteiger partial charge in [-0.1, -0.05) is 43.5 Å². The normalized spacial score (nSPS) is 20.8. The average molecular weight is 356 g/mol. The maximum absolute atomic E-state index is 5.66. The van der Waals surface area contributed by atoms with Crippen molar-refractivity contribution in [1.29, 1.82) is 0 Å². The van der Waals surface area contributed by atoms with Gasteiger partial charge in [0, 0.05) is 17.3 Å². The zero-order chi connectivity index (χ0) is 11.6. The number of allylic oxidation sites excluding steroid dienone is 2. The molecule has 0 aromatic heterocycles. The fourth-order valence-corrected chi connectivity index (χ4v) is 2.98. The van der Waals surface area contributed by atoms with E-state index in [4.69, 9.17) is 9.47 Å². The third kappa shape index (κ3) is 6.38. The van der Waals surface area contributed by atoms with Gasteiger partial charge in [0.1, 0.15) is 0 Å². The Morgan fingerprint density at radius 3 is 2.75 bits per heavy atom. The Bertz CT molecular complexity index is 195. The van der Waals surface area contributed by atoms with Crippen LogP contribution in [0.15, 0.2) is 11.6 Å². The third-order valence-corrected chi connectivity index (χ3v) is 4.01. The van der Waals surface area contributed by atoms with E-state index >= 15 is 0 Å². The molecular formula is C12H20Br2O2. The van der Waals surface area contributed by atoms with Crippen LogP contribution in [0.1, 0.15) is 32.1 Å². The molecule has 1 saturated heterocycles. The highest BCUT2D eigenvalue weighted by atomic mass is 79.9. The summed E-state index contributed by atoms with van der Waals surface area (Å²) in [5, 5.41) is 1.90. The minimum atomic E-state index is 0.0598. The van der Waals surface area contributed by atoms with Crippen LogP contribution in [0, 0.1) is 0 Å². The second-order valence-electron chi connectivity index (χ2n) is 3.94. The summed E-state index contributed by atoms with van der Waals surface area (Å²) in [6.07, 6.45) is 7.97. The van der Waals surface area contributed by atoms with Crippen LogP contribution >= 0.6 is 31.9 Å². The summed E-state index contributed by atoms with van der Waals surface area (Å²) < 4.78 is 11.2. The third-order valence-electron chi connectivity index (χ3n) is 2.57. The monoisotopic (exact) mass is 354 g/mol. The van der Waals surface area contributed by atoms with Gasteiger partial charge in [0.2, 0.25) is 0 Å². The minimum Gasteiger partial charge on any atom is -0.353 e. The van der Waals surface area contributed by atoms with Gasteiger partial charge < -0.3 is 9.47 Å². The lowest BCUT2D eigenvalue weighted by Crippen LogP contribution is -2.22. The molecule has 0 amide bonds. The van der Waals surface area contributed by atoms with Gasteiger partial charge in [0.25, 0.3) is 0 Å². The number of alkyl halides is 2. The van der Waals surface area contributed by atoms with E-state index in [2.05, 4.69) is 37.9 Å². The highest BCUT2D eigenvalue weighted by Gasteiger charge is 2.12. The molecule has 4 heteroatoms. The summed E-state index contributed by atoms with van der Waals surface area (Å²) in [5.74, 6) is 0. The first-order valence-corrected chi connectivity index (χ1v) is 8.14. The Morgan fingerprint density at radius 2 is 2.12 bits per heavy atom. The Labute approximate surface area is 115 Å². The molecule has 1 heterocycles. The highest BCUT2D eigenvalue weighted by molar-refractivity contribution is 9.10. The topological polar surface area (TPSA) is 18.5 Å². The van der Waals surface area contributed by atoms with Gasteiger partial charge in [0.05, 0.1) is 6.61 Å². The predicted molar refractivity (Wildman–Crippen MR) is 74.4 cm³/mol. The number of unbranched alkanes of at least 4 members (excludes halogenated alkanes) is 1. The molecule has 0 spiro atoms. The van der Waals surface area contributed by atoms with E-state index in [1.807, 2.05) is 0 Å². The molecule has 0 bridgehead atoms. The predicted octanol–water partition coefficient (Wildman–Crippen LogP) is 4.03. The zero-order valence-electron chi connectivity index (χ0n) is 9.59. The Hall–Kier alpha value is 0.620. The van der Waals surface area contributed by atoms with Crippen LogP contribution in [0.5, 0.6) is 0 Å². The fraction of sp³-hybridized carbons (Fsp3) is 0.833. The summed E-state index contributed by atoms with van der Waals surface area (Å²) in [4.78, 5) is 0. The van der Waals surface area contributed by atoms with Crippen LogP contribution in [-0.2, 0) is 9.47 Å². The number of hydrogen-bond donors (Lipinski definition) is 0. The molecular weight excluding hydrogens is 336 g/mol. The minimum absolute atomic E-state index is 0.0598. The fourth-order valence-electron chi connectivity index (χ4n) is 1.59. The van der Waals surface area contributed by atoms with Crippen LogP contribution in [0.25, 0.3) is 0 Å². The van der Waals surface area contributed by atoms with Crippen LogP contribution in [0.3, 0.4) is 0 Å². The standard InChI is InChI=1S/C12H20Br2O2/c13-9-11(10-14)5-1-3-7-15-12-6-2-4-8-16-12/h5,12H,1-4,6-10H2. The van der Waals surface area contributed by atoms with Crippen molar-refractivity contribution in [2.45, 2.75) is 38.4 Å². The van der Waals surface area contributed by atoms with Gasteiger partial charge in [-0.25, -0.2) is 0 Å². The first-order chi connectivity index (χ1) is 7.86. The summed E-state index contributed by atoms with van der Waals surface area (Å²) in [7, 11) is 0. The van der Waals surface area contributed by atoms with Crippen molar-refractivity contribution in [3.8, 4) is 0 Å². The molecule has 1 aliphatic heterocycles. The van der Waals surface area contributed by atoms with E-state index < -0.39 is 0 Å². The summed E-state index contributed by atoms with van der Waals surface area (Å²) in [5.41, 5.74) is 1.40. The number of hydrogen-bond acceptors (Lipinski definition) is 2. The van der Waals surface area contributed by atoms with Gasteiger partial charge >= 0.3 is 0 Å². The van der Waals surface area contributed by atoms with Crippen LogP contribution in [-0.4, -0.2) is 30.2 Å². The van der Waals surface area contributed by atoms with E-state index in [0.717, 1.165) is 43.1 Å². The summed E-state index contributed by atoms with van der Waals surface area (Å²) >= 11 is 6.92.